The van der Waals surface area contributed by atoms with Crippen LogP contribution in [0.25, 0.3) is 21.8 Å². The van der Waals surface area contributed by atoms with Gasteiger partial charge in [0.25, 0.3) is 12.3 Å². The number of fused-ring (bicyclic) bond motifs is 1. The molecule has 1 atom stereocenters. The fourth-order valence-corrected chi connectivity index (χ4v) is 4.88. The van der Waals surface area contributed by atoms with Gasteiger partial charge < -0.3 is 9.88 Å². The molecule has 3 aromatic heterocycles. The van der Waals surface area contributed by atoms with E-state index in [4.69, 9.17) is 0 Å². The number of benzene rings is 1. The molecule has 0 saturated carbocycles. The van der Waals surface area contributed by atoms with Crippen LogP contribution in [0.2, 0.25) is 0 Å². The third-order valence-electron chi connectivity index (χ3n) is 5.60. The summed E-state index contributed by atoms with van der Waals surface area (Å²) in [6.07, 6.45) is 1.83. The lowest BCUT2D eigenvalue weighted by molar-refractivity contribution is 0.0926. The fraction of sp³-hybridized carbons (Fsp3) is 0.273. The van der Waals surface area contributed by atoms with Crippen LogP contribution in [0.15, 0.2) is 36.7 Å². The Hall–Kier alpha value is -3.47. The van der Waals surface area contributed by atoms with Crippen LogP contribution in [-0.4, -0.2) is 36.7 Å². The Balaban J connectivity index is 1.32. The van der Waals surface area contributed by atoms with E-state index in [0.717, 1.165) is 17.2 Å². The maximum absolute atomic E-state index is 13.6. The van der Waals surface area contributed by atoms with Gasteiger partial charge in [0, 0.05) is 35.6 Å². The van der Waals surface area contributed by atoms with Crippen molar-refractivity contribution in [1.29, 1.82) is 0 Å². The van der Waals surface area contributed by atoms with E-state index in [1.807, 2.05) is 10.8 Å². The van der Waals surface area contributed by atoms with Gasteiger partial charge in [-0.05, 0) is 25.5 Å². The van der Waals surface area contributed by atoms with E-state index in [9.17, 15) is 18.0 Å². The van der Waals surface area contributed by atoms with Gasteiger partial charge in [-0.2, -0.15) is 5.10 Å². The SMILES string of the molecule is Cc1sc(-c2cn[nH]c2C(=O)NC2CCn3cc(-c4cccc(F)c4)nc3C2)nc1C(F)F. The Kier molecular flexibility index (Phi) is 5.49. The lowest BCUT2D eigenvalue weighted by Gasteiger charge is -2.24. The molecule has 33 heavy (non-hydrogen) atoms. The largest absolute Gasteiger partial charge is 0.347 e. The molecule has 0 aliphatic carbocycles. The normalized spacial score (nSPS) is 15.6. The number of hydrogen-bond donors (Lipinski definition) is 2. The number of aryl methyl sites for hydroxylation is 2. The second-order valence-corrected chi connectivity index (χ2v) is 9.03. The molecule has 4 heterocycles. The van der Waals surface area contributed by atoms with Gasteiger partial charge in [-0.25, -0.2) is 23.1 Å². The molecule has 0 radical (unpaired) electrons. The number of carbonyl (C=O) groups excluding carboxylic acids is 1. The van der Waals surface area contributed by atoms with Gasteiger partial charge in [0.2, 0.25) is 0 Å². The van der Waals surface area contributed by atoms with E-state index in [-0.39, 0.29) is 29.2 Å². The summed E-state index contributed by atoms with van der Waals surface area (Å²) in [5.74, 6) is 0.0900. The lowest BCUT2D eigenvalue weighted by atomic mass is 10.1. The van der Waals surface area contributed by atoms with E-state index >= 15 is 0 Å². The first-order valence-corrected chi connectivity index (χ1v) is 11.1. The number of nitrogens with zero attached hydrogens (tertiary/aromatic N) is 4. The molecule has 2 N–H and O–H groups in total. The summed E-state index contributed by atoms with van der Waals surface area (Å²) < 4.78 is 41.8. The van der Waals surface area contributed by atoms with Crippen molar-refractivity contribution in [2.75, 3.05) is 0 Å². The molecule has 0 saturated heterocycles. The topological polar surface area (TPSA) is 88.5 Å². The third-order valence-corrected chi connectivity index (χ3v) is 6.62. The molecule has 4 aromatic rings. The van der Waals surface area contributed by atoms with E-state index < -0.39 is 6.43 Å². The third kappa shape index (κ3) is 4.15. The lowest BCUT2D eigenvalue weighted by Crippen LogP contribution is -2.40. The minimum atomic E-state index is -2.68. The van der Waals surface area contributed by atoms with Gasteiger partial charge >= 0.3 is 0 Å². The van der Waals surface area contributed by atoms with Crippen LogP contribution in [0, 0.1) is 12.7 Å². The molecule has 170 valence electrons. The van der Waals surface area contributed by atoms with Gasteiger partial charge in [0.1, 0.15) is 28.0 Å². The van der Waals surface area contributed by atoms with E-state index in [1.165, 1.54) is 18.3 Å². The molecule has 0 fully saturated rings. The van der Waals surface area contributed by atoms with Crippen molar-refractivity contribution in [3.05, 3.63) is 64.6 Å². The summed E-state index contributed by atoms with van der Waals surface area (Å²) >= 11 is 1.10. The van der Waals surface area contributed by atoms with E-state index in [0.29, 0.717) is 46.1 Å². The van der Waals surface area contributed by atoms with E-state index in [1.54, 1.807) is 19.1 Å². The smallest absolute Gasteiger partial charge is 0.281 e. The van der Waals surface area contributed by atoms with Crippen molar-refractivity contribution >= 4 is 17.2 Å². The van der Waals surface area contributed by atoms with Crippen molar-refractivity contribution < 1.29 is 18.0 Å². The summed E-state index contributed by atoms with van der Waals surface area (Å²) in [7, 11) is 0. The summed E-state index contributed by atoms with van der Waals surface area (Å²) in [5.41, 5.74) is 1.66. The Morgan fingerprint density at radius 1 is 1.33 bits per heavy atom. The number of nitrogens with one attached hydrogen (secondary N) is 2. The van der Waals surface area contributed by atoms with Crippen LogP contribution in [0.5, 0.6) is 0 Å². The van der Waals surface area contributed by atoms with Gasteiger partial charge in [-0.3, -0.25) is 9.89 Å². The summed E-state index contributed by atoms with van der Waals surface area (Å²) in [6.45, 7) is 2.23. The molecule has 0 bridgehead atoms. The molecule has 7 nitrogen and oxygen atoms in total. The highest BCUT2D eigenvalue weighted by Gasteiger charge is 2.26. The van der Waals surface area contributed by atoms with Crippen LogP contribution in [0.1, 0.15) is 39.7 Å². The van der Waals surface area contributed by atoms with Crippen LogP contribution in [0.4, 0.5) is 13.2 Å². The number of aromatic amines is 1. The predicted molar refractivity (Wildman–Crippen MR) is 117 cm³/mol. The van der Waals surface area contributed by atoms with Crippen molar-refractivity contribution in [2.45, 2.75) is 38.8 Å². The van der Waals surface area contributed by atoms with Crippen molar-refractivity contribution in [2.24, 2.45) is 0 Å². The molecule has 5 rings (SSSR count). The number of rotatable bonds is 5. The quantitative estimate of drug-likeness (QED) is 0.447. The highest BCUT2D eigenvalue weighted by atomic mass is 32.1. The molecule has 1 aromatic carbocycles. The number of alkyl halides is 2. The predicted octanol–water partition coefficient (Wildman–Crippen LogP) is 4.53. The Morgan fingerprint density at radius 3 is 2.94 bits per heavy atom. The first kappa shape index (κ1) is 21.4. The molecule has 1 aliphatic rings. The maximum Gasteiger partial charge on any atom is 0.281 e. The van der Waals surface area contributed by atoms with Crippen LogP contribution in [0.3, 0.4) is 0 Å². The second kappa shape index (κ2) is 8.47. The number of carbonyl (C=O) groups is 1. The van der Waals surface area contributed by atoms with Crippen LogP contribution < -0.4 is 5.32 Å². The highest BCUT2D eigenvalue weighted by Crippen LogP contribution is 2.33. The molecule has 11 heteroatoms. The van der Waals surface area contributed by atoms with Crippen LogP contribution in [-0.2, 0) is 13.0 Å². The summed E-state index contributed by atoms with van der Waals surface area (Å²) in [5, 5.41) is 9.88. The Bertz CT molecular complexity index is 1330. The average Bonchev–Trinajstić information content (AvgIpc) is 3.51. The van der Waals surface area contributed by atoms with Crippen molar-refractivity contribution in [3.8, 4) is 21.8 Å². The standard InChI is InChI=1S/C22H19F3N6OS/c1-11-18(20(24)25)29-22(33-11)15-9-26-30-19(15)21(32)27-14-5-6-31-10-16(28-17(31)8-14)12-3-2-4-13(23)7-12/h2-4,7,9-10,14,20H,5-6,8H2,1H3,(H,26,30)(H,27,32). The number of imidazole rings is 1. The molecular formula is C22H19F3N6OS. The highest BCUT2D eigenvalue weighted by molar-refractivity contribution is 7.15. The van der Waals surface area contributed by atoms with Gasteiger partial charge in [-0.1, -0.05) is 12.1 Å². The van der Waals surface area contributed by atoms with Gasteiger partial charge in [0.05, 0.1) is 17.5 Å². The molecule has 1 unspecified atom stereocenters. The first-order chi connectivity index (χ1) is 15.9. The van der Waals surface area contributed by atoms with Gasteiger partial charge in [-0.15, -0.1) is 11.3 Å². The van der Waals surface area contributed by atoms with Crippen LogP contribution >= 0.6 is 11.3 Å². The van der Waals surface area contributed by atoms with Crippen molar-refractivity contribution in [1.82, 2.24) is 30.0 Å². The first-order valence-electron chi connectivity index (χ1n) is 10.3. The second-order valence-electron chi connectivity index (χ2n) is 7.83. The monoisotopic (exact) mass is 472 g/mol. The minimum Gasteiger partial charge on any atom is -0.347 e. The number of aromatic nitrogens is 5. The summed E-state index contributed by atoms with van der Waals surface area (Å²) in [4.78, 5) is 22.0. The number of thiazole rings is 1. The van der Waals surface area contributed by atoms with Gasteiger partial charge in [0.15, 0.2) is 0 Å². The molecule has 0 spiro atoms. The zero-order valence-corrected chi connectivity index (χ0v) is 18.3. The number of H-pyrrole nitrogens is 1. The Labute approximate surface area is 190 Å². The van der Waals surface area contributed by atoms with E-state index in [2.05, 4.69) is 25.5 Å². The van der Waals surface area contributed by atoms with Crippen molar-refractivity contribution in [3.63, 3.8) is 0 Å². The molecule has 1 amide bonds. The maximum atomic E-state index is 13.6. The Morgan fingerprint density at radius 2 is 2.18 bits per heavy atom. The number of hydrogen-bond acceptors (Lipinski definition) is 5. The average molecular weight is 472 g/mol. The zero-order valence-electron chi connectivity index (χ0n) is 17.5. The number of halogens is 3. The molecular weight excluding hydrogens is 453 g/mol. The zero-order chi connectivity index (χ0) is 23.1. The fourth-order valence-electron chi connectivity index (χ4n) is 3.94. The minimum absolute atomic E-state index is 0.168. The molecule has 1 aliphatic heterocycles. The number of amides is 1. The summed E-state index contributed by atoms with van der Waals surface area (Å²) in [6, 6.07) is 6.10.